The van der Waals surface area contributed by atoms with Crippen LogP contribution >= 0.6 is 12.0 Å². The van der Waals surface area contributed by atoms with Crippen molar-refractivity contribution in [2.24, 2.45) is 16.0 Å². The van der Waals surface area contributed by atoms with Gasteiger partial charge in [-0.05, 0) is 47.9 Å². The number of aromatic nitrogens is 3. The van der Waals surface area contributed by atoms with Gasteiger partial charge in [-0.15, -0.1) is 14.6 Å². The molecule has 0 aliphatic heterocycles. The Hall–Kier alpha value is -4.97. The van der Waals surface area contributed by atoms with Gasteiger partial charge >= 0.3 is 12.1 Å². The van der Waals surface area contributed by atoms with E-state index in [1.54, 1.807) is 0 Å². The van der Waals surface area contributed by atoms with Crippen molar-refractivity contribution >= 4 is 93.6 Å². The summed E-state index contributed by atoms with van der Waals surface area (Å²) in [5.74, 6) is -0.795. The summed E-state index contributed by atoms with van der Waals surface area (Å²) in [6.45, 7) is 3.17. The van der Waals surface area contributed by atoms with Crippen molar-refractivity contribution < 1.29 is 62.9 Å². The average molecular weight is 820 g/mol. The third kappa shape index (κ3) is 11.8. The number of azo groups is 1. The number of nitrogens with one attached hydrogen (secondary N) is 3. The number of nitrogens with two attached hydrogens (primary N) is 1. The highest BCUT2D eigenvalue weighted by Crippen LogP contribution is 2.38. The van der Waals surface area contributed by atoms with Crippen LogP contribution in [0.1, 0.15) is 0 Å². The Bertz CT molecular complexity index is 2400. The number of primary amides is 1. The van der Waals surface area contributed by atoms with Gasteiger partial charge in [-0.25, -0.2) is 18.5 Å². The van der Waals surface area contributed by atoms with E-state index >= 15 is 0 Å². The summed E-state index contributed by atoms with van der Waals surface area (Å²) in [5.41, 5.74) is 4.50. The topological polar surface area (TPSA) is 333 Å². The van der Waals surface area contributed by atoms with E-state index in [9.17, 15) is 43.5 Å². The van der Waals surface area contributed by atoms with Crippen LogP contribution in [0, 0.1) is 6.08 Å². The second-order valence-electron chi connectivity index (χ2n) is 10.0. The summed E-state index contributed by atoms with van der Waals surface area (Å²) >= 11 is 0.300. The largest absolute Gasteiger partial charge is 0.379 e. The van der Waals surface area contributed by atoms with E-state index in [4.69, 9.17) is 15.7 Å². The van der Waals surface area contributed by atoms with E-state index in [-0.39, 0.29) is 70.1 Å². The number of fused-ring (bicyclic) bond motifs is 1. The number of hydrogen-bond acceptors (Lipinski definition) is 19. The minimum atomic E-state index is -5.06. The molecule has 0 spiro atoms. The summed E-state index contributed by atoms with van der Waals surface area (Å²) in [6.07, 6.45) is -1.19. The molecule has 0 unspecified atom stereocenters. The molecule has 0 radical (unpaired) electrons. The lowest BCUT2D eigenvalue weighted by atomic mass is 10.1. The molecule has 8 N–H and O–H groups in total. The van der Waals surface area contributed by atoms with E-state index in [0.29, 0.717) is 12.0 Å². The zero-order valence-electron chi connectivity index (χ0n) is 26.4. The van der Waals surface area contributed by atoms with Gasteiger partial charge in [0.05, 0.1) is 36.7 Å². The third-order valence-corrected chi connectivity index (χ3v) is 9.94. The van der Waals surface area contributed by atoms with E-state index in [2.05, 4.69) is 57.1 Å². The fraction of sp³-hybridized carbons (Fsp3) is 0.154. The molecule has 2 amide bonds. The summed E-state index contributed by atoms with van der Waals surface area (Å²) in [5, 5.41) is 27.7. The lowest BCUT2D eigenvalue weighted by Gasteiger charge is -2.12. The first kappa shape index (κ1) is 40.8. The van der Waals surface area contributed by atoms with Crippen molar-refractivity contribution in [2.45, 2.75) is 14.7 Å². The Morgan fingerprint density at radius 1 is 0.943 bits per heavy atom. The summed E-state index contributed by atoms with van der Waals surface area (Å²) in [4.78, 5) is 21.2. The zero-order valence-corrected chi connectivity index (χ0v) is 29.7. The monoisotopic (exact) mass is 819 g/mol. The Kier molecular flexibility index (Phi) is 13.3. The number of urea groups is 1. The smallest absolute Gasteiger partial charge is 0.316 e. The molecule has 0 bridgehead atoms. The minimum Gasteiger partial charge on any atom is -0.379 e. The van der Waals surface area contributed by atoms with Crippen molar-refractivity contribution in [1.29, 1.82) is 0 Å². The highest BCUT2D eigenvalue weighted by atomic mass is 32.2. The summed E-state index contributed by atoms with van der Waals surface area (Å²) < 4.78 is 115. The van der Waals surface area contributed by atoms with Gasteiger partial charge in [0.15, 0.2) is 9.84 Å². The molecule has 1 aromatic heterocycles. The standard InChI is InChI=1S/C26H26FN9O13S4/c1-2-51(39,40)8-7-47-6-5-29-25-32-23(27)33-26(34-25)30-15-3-4-18(19(11-15)31-24(28)37)35-36-20-13-17-14(10-22(20)53(44,45)46)9-16(50-49-48-38)12-21(17)52(41,42)43/h2-4,9-13,38H,1,5-8H2,(H3,28,31,37)(H,41,42,43)(H,44,45,46)(H2,29,30,32,33,34). The Morgan fingerprint density at radius 3 is 2.30 bits per heavy atom. The van der Waals surface area contributed by atoms with Gasteiger partial charge < -0.3 is 26.4 Å². The van der Waals surface area contributed by atoms with Gasteiger partial charge in [0.1, 0.15) is 21.2 Å². The van der Waals surface area contributed by atoms with Crippen molar-refractivity contribution in [2.75, 3.05) is 41.5 Å². The Morgan fingerprint density at radius 2 is 1.64 bits per heavy atom. The van der Waals surface area contributed by atoms with Crippen molar-refractivity contribution in [1.82, 2.24) is 15.0 Å². The highest BCUT2D eigenvalue weighted by Gasteiger charge is 2.23. The molecule has 53 heavy (non-hydrogen) atoms. The number of amides is 2. The average Bonchev–Trinajstić information content (AvgIpc) is 3.06. The number of nitrogens with zero attached hydrogens (tertiary/aromatic N) is 5. The molecule has 0 aliphatic rings. The molecule has 22 nitrogen and oxygen atoms in total. The predicted molar refractivity (Wildman–Crippen MR) is 184 cm³/mol. The van der Waals surface area contributed by atoms with Crippen LogP contribution in [0.15, 0.2) is 79.4 Å². The Labute approximate surface area is 303 Å². The molecule has 0 saturated heterocycles. The predicted octanol–water partition coefficient (Wildman–Crippen LogP) is 3.72. The van der Waals surface area contributed by atoms with Crippen LogP contribution < -0.4 is 21.7 Å². The molecule has 27 heteroatoms. The SMILES string of the molecule is C=CS(=O)(=O)CCOCCNc1nc(F)nc(Nc2ccc(N=Nc3cc4c(S(=O)(=O)O)cc(SOOO)cc4cc3S(=O)(=O)O)c(NC(N)=O)c2)n1. The van der Waals surface area contributed by atoms with Gasteiger partial charge in [0.25, 0.3) is 20.2 Å². The lowest BCUT2D eigenvalue weighted by Crippen LogP contribution is -2.19. The van der Waals surface area contributed by atoms with Crippen LogP contribution in [0.4, 0.5) is 43.8 Å². The molecule has 0 atom stereocenters. The van der Waals surface area contributed by atoms with Crippen molar-refractivity contribution in [3.05, 3.63) is 60.5 Å². The molecule has 0 aliphatic carbocycles. The fourth-order valence-corrected chi connectivity index (χ4v) is 6.58. The van der Waals surface area contributed by atoms with Gasteiger partial charge in [0.2, 0.25) is 11.9 Å². The van der Waals surface area contributed by atoms with E-state index in [1.807, 2.05) is 0 Å². The van der Waals surface area contributed by atoms with E-state index < -0.39 is 57.7 Å². The molecule has 3 aromatic carbocycles. The number of ether oxygens (including phenoxy) is 1. The number of carbonyl (C=O) groups excluding carboxylic acids is 1. The fourth-order valence-electron chi connectivity index (χ4n) is 4.17. The van der Waals surface area contributed by atoms with Gasteiger partial charge in [-0.2, -0.15) is 36.2 Å². The molecule has 1 heterocycles. The van der Waals surface area contributed by atoms with Crippen LogP contribution in [-0.2, 0) is 44.2 Å². The maximum absolute atomic E-state index is 14.2. The maximum Gasteiger partial charge on any atom is 0.316 e. The first-order chi connectivity index (χ1) is 24.9. The normalized spacial score (nSPS) is 12.2. The quantitative estimate of drug-likeness (QED) is 0.0188. The van der Waals surface area contributed by atoms with Crippen LogP contribution in [0.25, 0.3) is 10.8 Å². The van der Waals surface area contributed by atoms with Gasteiger partial charge in [-0.3, -0.25) is 9.11 Å². The lowest BCUT2D eigenvalue weighted by molar-refractivity contribution is -0.432. The minimum absolute atomic E-state index is 0.0182. The number of rotatable bonds is 18. The van der Waals surface area contributed by atoms with Gasteiger partial charge in [0, 0.05) is 27.9 Å². The number of halogens is 1. The molecule has 284 valence electrons. The summed E-state index contributed by atoms with van der Waals surface area (Å²) in [6, 6.07) is 6.53. The number of benzene rings is 3. The zero-order chi connectivity index (χ0) is 39.0. The van der Waals surface area contributed by atoms with Crippen LogP contribution in [0.3, 0.4) is 0 Å². The second kappa shape index (κ2) is 17.2. The number of anilines is 4. The number of carbonyl (C=O) groups is 1. The molecule has 4 rings (SSSR count). The maximum atomic E-state index is 14.2. The van der Waals surface area contributed by atoms with Crippen molar-refractivity contribution in [3.8, 4) is 0 Å². The van der Waals surface area contributed by atoms with E-state index in [1.165, 1.54) is 24.3 Å². The molecule has 4 aromatic rings. The highest BCUT2D eigenvalue weighted by molar-refractivity contribution is 7.94. The van der Waals surface area contributed by atoms with Gasteiger partial charge in [-0.1, -0.05) is 11.6 Å². The van der Waals surface area contributed by atoms with Crippen LogP contribution in [0.5, 0.6) is 0 Å². The van der Waals surface area contributed by atoms with E-state index in [0.717, 1.165) is 23.6 Å². The molecular weight excluding hydrogens is 794 g/mol. The second-order valence-corrected chi connectivity index (χ2v) is 15.6. The first-order valence-corrected chi connectivity index (χ1v) is 19.4. The molecular formula is C26H26FN9O13S4. The van der Waals surface area contributed by atoms with Crippen LogP contribution in [0.2, 0.25) is 0 Å². The van der Waals surface area contributed by atoms with Crippen LogP contribution in [-0.4, -0.2) is 86.1 Å². The third-order valence-electron chi connectivity index (χ3n) is 6.36. The first-order valence-electron chi connectivity index (χ1n) is 14.1. The number of hydrogen-bond donors (Lipinski definition) is 7. The molecule has 0 saturated carbocycles. The summed E-state index contributed by atoms with van der Waals surface area (Å²) in [7, 11) is -13.5. The number of sulfone groups is 1. The Balaban J connectivity index is 1.63. The van der Waals surface area contributed by atoms with Crippen molar-refractivity contribution in [3.63, 3.8) is 0 Å². The molecule has 0 fully saturated rings.